The third kappa shape index (κ3) is 3.37. The Hall–Kier alpha value is -1.57. The van der Waals surface area contributed by atoms with Gasteiger partial charge in [0.1, 0.15) is 15.3 Å². The third-order valence-electron chi connectivity index (χ3n) is 2.48. The summed E-state index contributed by atoms with van der Waals surface area (Å²) >= 11 is 15.1. The van der Waals surface area contributed by atoms with E-state index in [9.17, 15) is 10.1 Å². The molecule has 1 aromatic carbocycles. The van der Waals surface area contributed by atoms with E-state index in [4.69, 9.17) is 27.9 Å². The lowest BCUT2D eigenvalue weighted by molar-refractivity contribution is -0.385. The van der Waals surface area contributed by atoms with Crippen molar-refractivity contribution in [2.75, 3.05) is 12.4 Å². The van der Waals surface area contributed by atoms with Crippen LogP contribution in [0.5, 0.6) is 11.6 Å². The van der Waals surface area contributed by atoms with Gasteiger partial charge in [0, 0.05) is 13.1 Å². The number of anilines is 1. The molecule has 2 aromatic rings. The van der Waals surface area contributed by atoms with Crippen molar-refractivity contribution in [3.05, 3.63) is 48.9 Å². The van der Waals surface area contributed by atoms with Crippen molar-refractivity contribution >= 4 is 50.6 Å². The zero-order valence-electron chi connectivity index (χ0n) is 10.6. The van der Waals surface area contributed by atoms with Gasteiger partial charge in [-0.05, 0) is 28.1 Å². The molecule has 2 rings (SSSR count). The maximum Gasteiger partial charge on any atom is 0.287 e. The lowest BCUT2D eigenvalue weighted by Crippen LogP contribution is -1.98. The fourth-order valence-corrected chi connectivity index (χ4v) is 2.50. The smallest absolute Gasteiger partial charge is 0.287 e. The van der Waals surface area contributed by atoms with Gasteiger partial charge in [-0.3, -0.25) is 10.1 Å². The summed E-state index contributed by atoms with van der Waals surface area (Å²) in [6, 6.07) is 5.89. The van der Waals surface area contributed by atoms with E-state index < -0.39 is 4.92 Å². The predicted molar refractivity (Wildman–Crippen MR) is 84.7 cm³/mol. The average Bonchev–Trinajstić information content (AvgIpc) is 2.43. The highest BCUT2D eigenvalue weighted by Gasteiger charge is 2.18. The molecule has 0 aliphatic heterocycles. The Kier molecular flexibility index (Phi) is 4.87. The van der Waals surface area contributed by atoms with Crippen LogP contribution in [0.1, 0.15) is 0 Å². The molecule has 21 heavy (non-hydrogen) atoms. The molecule has 1 aromatic heterocycles. The molecular weight excluding hydrogens is 385 g/mol. The van der Waals surface area contributed by atoms with Gasteiger partial charge in [0.15, 0.2) is 5.75 Å². The number of rotatable bonds is 4. The van der Waals surface area contributed by atoms with E-state index in [2.05, 4.69) is 26.2 Å². The molecule has 0 aliphatic carbocycles. The van der Waals surface area contributed by atoms with Gasteiger partial charge in [0.05, 0.1) is 9.95 Å². The molecule has 1 heterocycles. The molecule has 0 amide bonds. The molecule has 0 aliphatic rings. The van der Waals surface area contributed by atoms with Crippen LogP contribution >= 0.6 is 39.1 Å². The highest BCUT2D eigenvalue weighted by atomic mass is 79.9. The van der Waals surface area contributed by atoms with E-state index in [1.54, 1.807) is 13.1 Å². The predicted octanol–water partition coefficient (Wildman–Crippen LogP) is 4.89. The van der Waals surface area contributed by atoms with E-state index >= 15 is 0 Å². The van der Waals surface area contributed by atoms with E-state index in [0.29, 0.717) is 10.8 Å². The number of pyridine rings is 1. The first kappa shape index (κ1) is 15.8. The normalized spacial score (nSPS) is 10.3. The number of aromatic nitrogens is 1. The van der Waals surface area contributed by atoms with Crippen LogP contribution < -0.4 is 10.1 Å². The van der Waals surface area contributed by atoms with E-state index in [1.165, 1.54) is 18.2 Å². The highest BCUT2D eigenvalue weighted by Crippen LogP contribution is 2.39. The van der Waals surface area contributed by atoms with Crippen LogP contribution in [0, 0.1) is 10.1 Å². The molecule has 0 unspecified atom stereocenters. The number of hydrogen-bond donors (Lipinski definition) is 1. The standard InChI is InChI=1S/C12H8BrCl2N3O3/c1-16-11-6(14)5-7(15)12(17-11)21-9-4-2-3-8(10(9)13)18(19)20/h2-5H,1H3,(H,16,17). The Morgan fingerprint density at radius 2 is 2.10 bits per heavy atom. The lowest BCUT2D eigenvalue weighted by Gasteiger charge is -2.11. The van der Waals surface area contributed by atoms with Gasteiger partial charge in [-0.25, -0.2) is 0 Å². The van der Waals surface area contributed by atoms with Crippen LogP contribution in [0.2, 0.25) is 10.0 Å². The van der Waals surface area contributed by atoms with Gasteiger partial charge < -0.3 is 10.1 Å². The van der Waals surface area contributed by atoms with Crippen LogP contribution in [-0.2, 0) is 0 Å². The van der Waals surface area contributed by atoms with Crippen LogP contribution in [0.4, 0.5) is 11.5 Å². The number of ether oxygens (including phenoxy) is 1. The minimum atomic E-state index is -0.521. The number of hydrogen-bond acceptors (Lipinski definition) is 5. The molecule has 9 heteroatoms. The van der Waals surface area contributed by atoms with Gasteiger partial charge in [0.2, 0.25) is 5.88 Å². The summed E-state index contributed by atoms with van der Waals surface area (Å²) in [7, 11) is 1.65. The van der Waals surface area contributed by atoms with Crippen molar-refractivity contribution in [2.24, 2.45) is 0 Å². The van der Waals surface area contributed by atoms with E-state index in [-0.39, 0.29) is 26.8 Å². The van der Waals surface area contributed by atoms with Crippen molar-refractivity contribution < 1.29 is 9.66 Å². The summed E-state index contributed by atoms with van der Waals surface area (Å²) in [5.41, 5.74) is -0.119. The first-order chi connectivity index (χ1) is 9.93. The monoisotopic (exact) mass is 391 g/mol. The Morgan fingerprint density at radius 1 is 1.38 bits per heavy atom. The van der Waals surface area contributed by atoms with Gasteiger partial charge in [-0.1, -0.05) is 29.3 Å². The Balaban J connectivity index is 2.43. The number of nitro groups is 1. The fourth-order valence-electron chi connectivity index (χ4n) is 1.52. The molecule has 0 saturated carbocycles. The van der Waals surface area contributed by atoms with Crippen molar-refractivity contribution in [3.63, 3.8) is 0 Å². The summed E-state index contributed by atoms with van der Waals surface area (Å²) in [6.07, 6.45) is 0. The van der Waals surface area contributed by atoms with Crippen molar-refractivity contribution in [3.8, 4) is 11.6 Å². The zero-order valence-corrected chi connectivity index (χ0v) is 13.7. The summed E-state index contributed by atoms with van der Waals surface area (Å²) in [5.74, 6) is 0.701. The average molecular weight is 393 g/mol. The minimum absolute atomic E-state index is 0.0895. The Labute approximate surface area is 138 Å². The summed E-state index contributed by atoms with van der Waals surface area (Å²) in [4.78, 5) is 14.5. The van der Waals surface area contributed by atoms with Crippen LogP contribution in [-0.4, -0.2) is 17.0 Å². The van der Waals surface area contributed by atoms with Gasteiger partial charge >= 0.3 is 0 Å². The molecule has 110 valence electrons. The van der Waals surface area contributed by atoms with E-state index in [0.717, 1.165) is 0 Å². The number of nitrogens with zero attached hydrogens (tertiary/aromatic N) is 2. The molecule has 0 saturated heterocycles. The van der Waals surface area contributed by atoms with Gasteiger partial charge in [0.25, 0.3) is 5.69 Å². The van der Waals surface area contributed by atoms with Crippen LogP contribution in [0.3, 0.4) is 0 Å². The second kappa shape index (κ2) is 6.46. The first-order valence-electron chi connectivity index (χ1n) is 5.58. The minimum Gasteiger partial charge on any atom is -0.436 e. The SMILES string of the molecule is CNc1nc(Oc2cccc([N+](=O)[O-])c2Br)c(Cl)cc1Cl. The largest absolute Gasteiger partial charge is 0.436 e. The number of benzene rings is 1. The molecule has 0 fully saturated rings. The second-order valence-corrected chi connectivity index (χ2v) is 5.41. The molecule has 0 radical (unpaired) electrons. The van der Waals surface area contributed by atoms with Crippen molar-refractivity contribution in [1.82, 2.24) is 4.98 Å². The van der Waals surface area contributed by atoms with Crippen molar-refractivity contribution in [1.29, 1.82) is 0 Å². The van der Waals surface area contributed by atoms with Crippen LogP contribution in [0.15, 0.2) is 28.7 Å². The fraction of sp³-hybridized carbons (Fsp3) is 0.0833. The van der Waals surface area contributed by atoms with Gasteiger partial charge in [-0.2, -0.15) is 4.98 Å². The Morgan fingerprint density at radius 3 is 2.71 bits per heavy atom. The second-order valence-electron chi connectivity index (χ2n) is 3.80. The molecule has 0 bridgehead atoms. The number of nitrogens with one attached hydrogen (secondary N) is 1. The summed E-state index contributed by atoms with van der Waals surface area (Å²) in [5, 5.41) is 14.2. The first-order valence-corrected chi connectivity index (χ1v) is 7.13. The Bertz CT molecular complexity index is 712. The maximum atomic E-state index is 10.9. The number of nitro benzene ring substituents is 1. The summed E-state index contributed by atoms with van der Waals surface area (Å²) < 4.78 is 5.74. The topological polar surface area (TPSA) is 77.3 Å². The molecule has 0 atom stereocenters. The molecular formula is C12H8BrCl2N3O3. The maximum absolute atomic E-state index is 10.9. The summed E-state index contributed by atoms with van der Waals surface area (Å²) in [6.45, 7) is 0. The lowest BCUT2D eigenvalue weighted by atomic mass is 10.3. The van der Waals surface area contributed by atoms with Gasteiger partial charge in [-0.15, -0.1) is 0 Å². The highest BCUT2D eigenvalue weighted by molar-refractivity contribution is 9.10. The van der Waals surface area contributed by atoms with E-state index in [1.807, 2.05) is 0 Å². The number of halogens is 3. The van der Waals surface area contributed by atoms with Crippen molar-refractivity contribution in [2.45, 2.75) is 0 Å². The third-order valence-corrected chi connectivity index (χ3v) is 3.84. The molecule has 6 nitrogen and oxygen atoms in total. The molecule has 0 spiro atoms. The molecule has 1 N–H and O–H groups in total. The quantitative estimate of drug-likeness (QED) is 0.591. The zero-order chi connectivity index (χ0) is 15.6. The van der Waals surface area contributed by atoms with Crippen LogP contribution in [0.25, 0.3) is 0 Å².